The van der Waals surface area contributed by atoms with Gasteiger partial charge in [0.15, 0.2) is 0 Å². The fourth-order valence-electron chi connectivity index (χ4n) is 2.71. The molecule has 0 radical (unpaired) electrons. The molecule has 1 aliphatic rings. The molecule has 2 rings (SSSR count). The predicted octanol–water partition coefficient (Wildman–Crippen LogP) is 2.30. The molecule has 0 aromatic heterocycles. The highest BCUT2D eigenvalue weighted by atomic mass is 15.2. The number of nitrogens with two attached hydrogens (primary N) is 1. The van der Waals surface area contributed by atoms with Crippen LogP contribution in [0.15, 0.2) is 18.2 Å². The van der Waals surface area contributed by atoms with Gasteiger partial charge in [-0.3, -0.25) is 0 Å². The average molecular weight is 204 g/mol. The van der Waals surface area contributed by atoms with Crippen molar-refractivity contribution in [3.8, 4) is 0 Å². The van der Waals surface area contributed by atoms with Crippen LogP contribution in [0.1, 0.15) is 31.9 Å². The molecule has 82 valence electrons. The summed E-state index contributed by atoms with van der Waals surface area (Å²) in [6.45, 7) is 7.43. The Morgan fingerprint density at radius 3 is 2.80 bits per heavy atom. The Morgan fingerprint density at radius 2 is 2.20 bits per heavy atom. The Kier molecular flexibility index (Phi) is 2.70. The monoisotopic (exact) mass is 204 g/mol. The van der Waals surface area contributed by atoms with E-state index in [1.54, 1.807) is 0 Å². The number of hydrogen-bond donors (Lipinski definition) is 1. The minimum absolute atomic E-state index is 0.550. The minimum atomic E-state index is 0.550. The second-order valence-corrected chi connectivity index (χ2v) is 4.68. The highest BCUT2D eigenvalue weighted by Crippen LogP contribution is 2.36. The van der Waals surface area contributed by atoms with Crippen molar-refractivity contribution >= 4 is 5.69 Å². The van der Waals surface area contributed by atoms with E-state index < -0.39 is 0 Å². The summed E-state index contributed by atoms with van der Waals surface area (Å²) in [7, 11) is 0. The number of hydrogen-bond acceptors (Lipinski definition) is 2. The van der Waals surface area contributed by atoms with E-state index in [0.717, 1.165) is 6.42 Å². The normalized spacial score (nSPS) is 19.8. The van der Waals surface area contributed by atoms with Crippen molar-refractivity contribution in [2.45, 2.75) is 45.8 Å². The second-order valence-electron chi connectivity index (χ2n) is 4.68. The molecule has 0 amide bonds. The van der Waals surface area contributed by atoms with E-state index in [2.05, 4.69) is 43.9 Å². The van der Waals surface area contributed by atoms with Crippen LogP contribution in [0.3, 0.4) is 0 Å². The van der Waals surface area contributed by atoms with Gasteiger partial charge in [0.05, 0.1) is 0 Å². The number of rotatable bonds is 2. The molecular weight excluding hydrogens is 184 g/mol. The van der Waals surface area contributed by atoms with Gasteiger partial charge >= 0.3 is 0 Å². The first-order chi connectivity index (χ1) is 7.15. The van der Waals surface area contributed by atoms with Gasteiger partial charge in [-0.2, -0.15) is 0 Å². The zero-order valence-corrected chi connectivity index (χ0v) is 9.83. The maximum Gasteiger partial charge on any atom is 0.0449 e. The van der Waals surface area contributed by atoms with Gasteiger partial charge in [0.1, 0.15) is 0 Å². The van der Waals surface area contributed by atoms with Crippen LogP contribution in [0, 0.1) is 0 Å². The molecule has 2 heteroatoms. The largest absolute Gasteiger partial charge is 0.366 e. The zero-order chi connectivity index (χ0) is 11.0. The Morgan fingerprint density at radius 1 is 1.47 bits per heavy atom. The van der Waals surface area contributed by atoms with Crippen molar-refractivity contribution in [1.29, 1.82) is 0 Å². The summed E-state index contributed by atoms with van der Waals surface area (Å²) in [5.41, 5.74) is 9.94. The molecule has 1 aliphatic heterocycles. The number of anilines is 1. The van der Waals surface area contributed by atoms with Gasteiger partial charge in [0.25, 0.3) is 0 Å². The topological polar surface area (TPSA) is 29.3 Å². The molecule has 1 heterocycles. The summed E-state index contributed by atoms with van der Waals surface area (Å²) in [5, 5.41) is 0. The smallest absolute Gasteiger partial charge is 0.0449 e. The maximum absolute atomic E-state index is 5.80. The Hall–Kier alpha value is -1.02. The molecule has 1 unspecified atom stereocenters. The molecule has 1 atom stereocenters. The standard InChI is InChI=1S/C13H20N2/c1-9(2)15-10(3)7-11-5-4-6-12(8-14)13(11)15/h4-6,9-10H,7-8,14H2,1-3H3. The van der Waals surface area contributed by atoms with Gasteiger partial charge < -0.3 is 10.6 Å². The van der Waals surface area contributed by atoms with Gasteiger partial charge in [0, 0.05) is 24.3 Å². The lowest BCUT2D eigenvalue weighted by atomic mass is 10.1. The molecule has 0 spiro atoms. The lowest BCUT2D eigenvalue weighted by molar-refractivity contribution is 0.604. The van der Waals surface area contributed by atoms with Gasteiger partial charge in [-0.25, -0.2) is 0 Å². The summed E-state index contributed by atoms with van der Waals surface area (Å²) >= 11 is 0. The van der Waals surface area contributed by atoms with Crippen molar-refractivity contribution in [3.63, 3.8) is 0 Å². The van der Waals surface area contributed by atoms with Crippen molar-refractivity contribution in [1.82, 2.24) is 0 Å². The molecule has 0 saturated heterocycles. The first kappa shape index (κ1) is 10.5. The lowest BCUT2D eigenvalue weighted by Crippen LogP contribution is -2.36. The molecule has 2 N–H and O–H groups in total. The van der Waals surface area contributed by atoms with Gasteiger partial charge in [-0.15, -0.1) is 0 Å². The molecule has 1 aromatic carbocycles. The van der Waals surface area contributed by atoms with Crippen LogP contribution in [-0.2, 0) is 13.0 Å². The SMILES string of the molecule is CC(C)N1c2c(CN)cccc2CC1C. The van der Waals surface area contributed by atoms with E-state index in [4.69, 9.17) is 5.73 Å². The van der Waals surface area contributed by atoms with Crippen LogP contribution in [-0.4, -0.2) is 12.1 Å². The third-order valence-corrected chi connectivity index (χ3v) is 3.23. The maximum atomic E-state index is 5.80. The molecule has 1 aromatic rings. The molecule has 15 heavy (non-hydrogen) atoms. The summed E-state index contributed by atoms with van der Waals surface area (Å²) in [4.78, 5) is 2.50. The summed E-state index contributed by atoms with van der Waals surface area (Å²) in [5.74, 6) is 0. The number of nitrogens with zero attached hydrogens (tertiary/aromatic N) is 1. The Bertz CT molecular complexity index is 358. The number of benzene rings is 1. The Balaban J connectivity index is 2.50. The summed E-state index contributed by atoms with van der Waals surface area (Å²) in [6, 6.07) is 7.65. The summed E-state index contributed by atoms with van der Waals surface area (Å²) in [6.07, 6.45) is 1.15. The van der Waals surface area contributed by atoms with E-state index in [1.807, 2.05) is 0 Å². The van der Waals surface area contributed by atoms with E-state index in [1.165, 1.54) is 16.8 Å². The highest BCUT2D eigenvalue weighted by molar-refractivity contribution is 5.65. The quantitative estimate of drug-likeness (QED) is 0.801. The predicted molar refractivity (Wildman–Crippen MR) is 65.1 cm³/mol. The van der Waals surface area contributed by atoms with E-state index >= 15 is 0 Å². The van der Waals surface area contributed by atoms with E-state index in [-0.39, 0.29) is 0 Å². The zero-order valence-electron chi connectivity index (χ0n) is 9.83. The highest BCUT2D eigenvalue weighted by Gasteiger charge is 2.29. The number of para-hydroxylation sites is 1. The molecule has 0 bridgehead atoms. The minimum Gasteiger partial charge on any atom is -0.366 e. The molecular formula is C13H20N2. The first-order valence-electron chi connectivity index (χ1n) is 5.74. The van der Waals surface area contributed by atoms with Crippen LogP contribution >= 0.6 is 0 Å². The fourth-order valence-corrected chi connectivity index (χ4v) is 2.71. The van der Waals surface area contributed by atoms with Gasteiger partial charge in [-0.05, 0) is 38.3 Å². The lowest BCUT2D eigenvalue weighted by Gasteiger charge is -2.30. The third kappa shape index (κ3) is 1.63. The van der Waals surface area contributed by atoms with Crippen LogP contribution in [0.2, 0.25) is 0 Å². The van der Waals surface area contributed by atoms with Crippen molar-refractivity contribution in [2.24, 2.45) is 5.73 Å². The van der Waals surface area contributed by atoms with Crippen LogP contribution < -0.4 is 10.6 Å². The fraction of sp³-hybridized carbons (Fsp3) is 0.538. The van der Waals surface area contributed by atoms with Crippen LogP contribution in [0.4, 0.5) is 5.69 Å². The molecule has 0 fully saturated rings. The summed E-state index contributed by atoms with van der Waals surface area (Å²) < 4.78 is 0. The number of fused-ring (bicyclic) bond motifs is 1. The van der Waals surface area contributed by atoms with Gasteiger partial charge in [-0.1, -0.05) is 18.2 Å². The molecule has 0 saturated carbocycles. The molecule has 0 aliphatic carbocycles. The first-order valence-corrected chi connectivity index (χ1v) is 5.74. The van der Waals surface area contributed by atoms with Gasteiger partial charge in [0.2, 0.25) is 0 Å². The second kappa shape index (κ2) is 3.86. The average Bonchev–Trinajstić information content (AvgIpc) is 2.53. The van der Waals surface area contributed by atoms with Crippen molar-refractivity contribution in [3.05, 3.63) is 29.3 Å². The van der Waals surface area contributed by atoms with Crippen LogP contribution in [0.25, 0.3) is 0 Å². The Labute approximate surface area is 92.1 Å². The van der Waals surface area contributed by atoms with E-state index in [9.17, 15) is 0 Å². The van der Waals surface area contributed by atoms with Crippen molar-refractivity contribution in [2.75, 3.05) is 4.90 Å². The molecule has 2 nitrogen and oxygen atoms in total. The van der Waals surface area contributed by atoms with Crippen molar-refractivity contribution < 1.29 is 0 Å². The third-order valence-electron chi connectivity index (χ3n) is 3.23. The van der Waals surface area contributed by atoms with Crippen LogP contribution in [0.5, 0.6) is 0 Å². The van der Waals surface area contributed by atoms with E-state index in [0.29, 0.717) is 18.6 Å².